The van der Waals surface area contributed by atoms with E-state index < -0.39 is 29.2 Å². The molecule has 9 nitrogen and oxygen atoms in total. The van der Waals surface area contributed by atoms with Gasteiger partial charge in [0.2, 0.25) is 0 Å². The highest BCUT2D eigenvalue weighted by atomic mass is 35.5. The van der Waals surface area contributed by atoms with Crippen LogP contribution in [0.3, 0.4) is 0 Å². The number of carboxylic acids is 1. The van der Waals surface area contributed by atoms with Gasteiger partial charge in [0.05, 0.1) is 25.0 Å². The molecular formula is C29H30ClF4N5O4S2. The number of aryl methyl sites for hydroxylation is 1. The van der Waals surface area contributed by atoms with Gasteiger partial charge in [-0.15, -0.1) is 0 Å². The van der Waals surface area contributed by atoms with Crippen LogP contribution in [0.1, 0.15) is 41.0 Å². The molecule has 0 spiro atoms. The molecule has 242 valence electrons. The van der Waals surface area contributed by atoms with Crippen molar-refractivity contribution in [1.82, 2.24) is 19.1 Å². The number of H-pyrrole nitrogens is 2. The van der Waals surface area contributed by atoms with E-state index >= 15 is 0 Å². The summed E-state index contributed by atoms with van der Waals surface area (Å²) in [5, 5.41) is 8.82. The van der Waals surface area contributed by atoms with Gasteiger partial charge in [-0.3, -0.25) is 4.79 Å². The first-order valence-electron chi connectivity index (χ1n) is 13.9. The topological polar surface area (TPSA) is 125 Å². The molecule has 0 saturated carbocycles. The van der Waals surface area contributed by atoms with E-state index in [0.29, 0.717) is 46.5 Å². The Balaban J connectivity index is 0.000000201. The molecule has 2 aliphatic heterocycles. The van der Waals surface area contributed by atoms with Crippen LogP contribution >= 0.6 is 24.4 Å². The normalized spacial score (nSPS) is 16.6. The van der Waals surface area contributed by atoms with Gasteiger partial charge >= 0.3 is 5.97 Å². The highest BCUT2D eigenvalue weighted by Gasteiger charge is 2.28. The van der Waals surface area contributed by atoms with Gasteiger partial charge in [-0.2, -0.15) is 0 Å². The smallest absolute Gasteiger partial charge is 0.303 e. The number of hydrogen-bond acceptors (Lipinski definition) is 5. The van der Waals surface area contributed by atoms with Gasteiger partial charge in [-0.05, 0) is 43.0 Å². The van der Waals surface area contributed by atoms with Crippen LogP contribution in [0.2, 0.25) is 0 Å². The lowest BCUT2D eigenvalue weighted by atomic mass is 10.0. The summed E-state index contributed by atoms with van der Waals surface area (Å²) in [6.07, 6.45) is 5.43. The molecule has 6 rings (SSSR count). The number of aromatic amines is 2. The fourth-order valence-electron chi connectivity index (χ4n) is 5.60. The number of halogens is 5. The molecule has 2 aromatic heterocycles. The predicted octanol–water partition coefficient (Wildman–Crippen LogP) is 1.81. The first-order chi connectivity index (χ1) is 21.0. The summed E-state index contributed by atoms with van der Waals surface area (Å²) >= 11 is 10.5. The van der Waals surface area contributed by atoms with E-state index in [1.54, 1.807) is 10.8 Å². The molecule has 2 aromatic carbocycles. The average molecular weight is 688 g/mol. The van der Waals surface area contributed by atoms with Crippen molar-refractivity contribution in [3.63, 3.8) is 0 Å². The van der Waals surface area contributed by atoms with Crippen molar-refractivity contribution in [3.8, 4) is 11.5 Å². The molecule has 6 N–H and O–H groups in total. The minimum atomic E-state index is -0.905. The molecule has 16 heteroatoms. The Hall–Kier alpha value is -3.66. The number of imidazole rings is 2. The van der Waals surface area contributed by atoms with Crippen molar-refractivity contribution in [1.29, 1.82) is 0 Å². The Morgan fingerprint density at radius 3 is 1.71 bits per heavy atom. The summed E-state index contributed by atoms with van der Waals surface area (Å²) in [5.41, 5.74) is 6.57. The quantitative estimate of drug-likeness (QED) is 0.174. The average Bonchev–Trinajstić information content (AvgIpc) is 3.52. The third-order valence-corrected chi connectivity index (χ3v) is 8.09. The molecule has 2 atom stereocenters. The van der Waals surface area contributed by atoms with Gasteiger partial charge in [-0.1, -0.05) is 0 Å². The second-order valence-corrected chi connectivity index (χ2v) is 11.3. The monoisotopic (exact) mass is 687 g/mol. The Labute approximate surface area is 271 Å². The summed E-state index contributed by atoms with van der Waals surface area (Å²) in [6, 6.07) is 3.89. The van der Waals surface area contributed by atoms with E-state index in [-0.39, 0.29) is 49.0 Å². The van der Waals surface area contributed by atoms with Crippen LogP contribution in [0.5, 0.6) is 11.5 Å². The van der Waals surface area contributed by atoms with E-state index in [4.69, 9.17) is 39.0 Å². The van der Waals surface area contributed by atoms with Crippen molar-refractivity contribution < 1.29 is 55.1 Å². The van der Waals surface area contributed by atoms with E-state index in [1.807, 2.05) is 10.8 Å². The number of ether oxygens (including phenoxy) is 2. The van der Waals surface area contributed by atoms with Gasteiger partial charge < -0.3 is 51.8 Å². The Bertz CT molecular complexity index is 1810. The Kier molecular flexibility index (Phi) is 11.1. The molecular weight excluding hydrogens is 658 g/mol. The second kappa shape index (κ2) is 14.6. The number of fused-ring (bicyclic) bond motifs is 2. The summed E-state index contributed by atoms with van der Waals surface area (Å²) in [7, 11) is 0. The Morgan fingerprint density at radius 2 is 1.29 bits per heavy atom. The van der Waals surface area contributed by atoms with Crippen molar-refractivity contribution in [2.75, 3.05) is 19.8 Å². The zero-order chi connectivity index (χ0) is 31.5. The highest BCUT2D eigenvalue weighted by Crippen LogP contribution is 2.35. The lowest BCUT2D eigenvalue weighted by molar-refractivity contribution is -0.366. The molecule has 0 aliphatic carbocycles. The second-order valence-electron chi connectivity index (χ2n) is 10.5. The van der Waals surface area contributed by atoms with Gasteiger partial charge in [-0.25, -0.2) is 17.6 Å². The van der Waals surface area contributed by atoms with Crippen LogP contribution in [0.15, 0.2) is 36.7 Å². The predicted molar refractivity (Wildman–Crippen MR) is 156 cm³/mol. The summed E-state index contributed by atoms with van der Waals surface area (Å²) in [4.78, 5) is 16.7. The van der Waals surface area contributed by atoms with Crippen molar-refractivity contribution >= 4 is 30.4 Å². The summed E-state index contributed by atoms with van der Waals surface area (Å²) < 4.78 is 69.8. The summed E-state index contributed by atoms with van der Waals surface area (Å²) in [6.45, 7) is 1.24. The molecule has 0 fully saturated rings. The number of quaternary nitrogens is 1. The lowest BCUT2D eigenvalue weighted by Gasteiger charge is -2.27. The van der Waals surface area contributed by atoms with Crippen molar-refractivity contribution in [3.05, 3.63) is 92.0 Å². The number of carboxylic acid groups (broad SMARTS) is 1. The number of aliphatic carboxylic acids is 1. The zero-order valence-corrected chi connectivity index (χ0v) is 26.1. The number of benzene rings is 2. The number of hydrogen-bond donors (Lipinski definition) is 4. The van der Waals surface area contributed by atoms with E-state index in [0.717, 1.165) is 36.5 Å². The fraction of sp³-hybridized carbons (Fsp3) is 0.345. The van der Waals surface area contributed by atoms with Crippen molar-refractivity contribution in [2.45, 2.75) is 44.2 Å². The van der Waals surface area contributed by atoms with Crippen molar-refractivity contribution in [2.24, 2.45) is 0 Å². The first kappa shape index (κ1) is 34.2. The number of carbonyl (C=O) groups is 1. The van der Waals surface area contributed by atoms with Crippen LogP contribution < -0.4 is 27.6 Å². The van der Waals surface area contributed by atoms with E-state index in [9.17, 15) is 22.4 Å². The van der Waals surface area contributed by atoms with Gasteiger partial charge in [0.15, 0.2) is 32.7 Å². The maximum Gasteiger partial charge on any atom is 0.303 e. The van der Waals surface area contributed by atoms with Gasteiger partial charge in [0.1, 0.15) is 24.8 Å². The van der Waals surface area contributed by atoms with Crippen LogP contribution in [-0.2, 0) is 30.5 Å². The molecule has 0 amide bonds. The zero-order valence-electron chi connectivity index (χ0n) is 23.8. The molecule has 4 aromatic rings. The van der Waals surface area contributed by atoms with E-state index in [2.05, 4.69) is 15.7 Å². The molecule has 0 radical (unpaired) electrons. The molecule has 0 bridgehead atoms. The molecule has 4 heterocycles. The van der Waals surface area contributed by atoms with Crippen LogP contribution in [0.25, 0.3) is 0 Å². The number of rotatable bonds is 7. The number of nitrogens with one attached hydrogen (secondary N) is 2. The number of aromatic nitrogens is 4. The molecule has 45 heavy (non-hydrogen) atoms. The maximum absolute atomic E-state index is 13.7. The highest BCUT2D eigenvalue weighted by molar-refractivity contribution is 7.71. The first-order valence-corrected chi connectivity index (χ1v) is 14.7. The van der Waals surface area contributed by atoms with Crippen LogP contribution in [0, 0.1) is 32.8 Å². The standard InChI is InChI=1S/C15H14F2N2O3S.C14H15F2N3OS.ClH/c16-9-3-8-4-11(7-22-14(8)12(17)5-9)19-10(1-2-13(20)21)6-18-15(19)23;15-9-3-8-4-11(7-20-13(8)12(16)5-9)19-10(1-2-17)6-18-14(19)21;/h3,5-6,11H,1-2,4,7H2,(H,18,23)(H,20,21);3,5-6,11H,1-2,4,7,17H2,(H,18,21);1H/t2*11-;/m11./s1. The number of nitrogens with zero attached hydrogens (tertiary/aromatic N) is 2. The van der Waals surface area contributed by atoms with Crippen LogP contribution in [0.4, 0.5) is 17.6 Å². The molecule has 0 unspecified atom stereocenters. The van der Waals surface area contributed by atoms with Gasteiger partial charge in [0, 0.05) is 66.3 Å². The maximum atomic E-state index is 13.7. The molecule has 0 saturated heterocycles. The SMILES string of the molecule is O=C(O)CCc1c[nH]c(=S)n1[C@H]1COc2c(F)cc(F)cc2C1.[Cl-].[NH3+]CCc1c[nH]c(=S)n1[C@H]1COc2c(F)cc(F)cc2C1. The Morgan fingerprint density at radius 1 is 0.844 bits per heavy atom. The minimum Gasteiger partial charge on any atom is -1.00 e. The summed E-state index contributed by atoms with van der Waals surface area (Å²) in [5.74, 6) is -3.31. The lowest BCUT2D eigenvalue weighted by Crippen LogP contribution is -3.00. The minimum absolute atomic E-state index is 0. The fourth-order valence-corrected chi connectivity index (χ4v) is 6.25. The third-order valence-electron chi connectivity index (χ3n) is 7.46. The van der Waals surface area contributed by atoms with E-state index in [1.165, 1.54) is 12.1 Å². The third kappa shape index (κ3) is 7.60. The molecule has 2 aliphatic rings. The largest absolute Gasteiger partial charge is 1.00 e. The van der Waals surface area contributed by atoms with Gasteiger partial charge in [0.25, 0.3) is 0 Å². The van der Waals surface area contributed by atoms with Crippen LogP contribution in [-0.4, -0.2) is 49.9 Å².